The standard InChI is InChI=1S/C20H25ClN4O3S2/c1-3-12-29-20-22-13-17(21)18(24-20)19(26)23-15-4-6-16(7-5-15)30(27,28)25-10-8-14(2)9-11-25/h4-7,13-14H,3,8-12H2,1-2H3,(H,23,26). The number of carbonyl (C=O) groups excluding carboxylic acids is 1. The number of thioether (sulfide) groups is 1. The smallest absolute Gasteiger partial charge is 0.275 e. The van der Waals surface area contributed by atoms with Gasteiger partial charge >= 0.3 is 0 Å². The molecule has 0 radical (unpaired) electrons. The SMILES string of the molecule is CCCSc1ncc(Cl)c(C(=O)Nc2ccc(S(=O)(=O)N3CCC(C)CC3)cc2)n1. The molecule has 1 N–H and O–H groups in total. The number of halogens is 1. The number of anilines is 1. The van der Waals surface area contributed by atoms with Crippen LogP contribution in [-0.2, 0) is 10.0 Å². The van der Waals surface area contributed by atoms with Gasteiger partial charge in [-0.05, 0) is 49.4 Å². The van der Waals surface area contributed by atoms with Gasteiger partial charge in [0.15, 0.2) is 10.9 Å². The predicted octanol–water partition coefficient (Wildman–Crippen LogP) is 4.31. The summed E-state index contributed by atoms with van der Waals surface area (Å²) in [5.74, 6) is 0.916. The lowest BCUT2D eigenvalue weighted by atomic mass is 10.0. The second-order valence-electron chi connectivity index (χ2n) is 7.26. The first-order valence-corrected chi connectivity index (χ1v) is 12.7. The van der Waals surface area contributed by atoms with E-state index in [-0.39, 0.29) is 15.6 Å². The number of amides is 1. The first-order chi connectivity index (χ1) is 14.3. The molecular formula is C20H25ClN4O3S2. The topological polar surface area (TPSA) is 92.3 Å². The molecule has 1 aliphatic rings. The van der Waals surface area contributed by atoms with Crippen LogP contribution < -0.4 is 5.32 Å². The van der Waals surface area contributed by atoms with Crippen molar-refractivity contribution in [2.45, 2.75) is 43.2 Å². The minimum Gasteiger partial charge on any atom is -0.321 e. The molecule has 1 fully saturated rings. The van der Waals surface area contributed by atoms with Crippen LogP contribution in [0.1, 0.15) is 43.6 Å². The number of aromatic nitrogens is 2. The van der Waals surface area contributed by atoms with Gasteiger partial charge in [-0.2, -0.15) is 4.31 Å². The van der Waals surface area contributed by atoms with E-state index in [0.29, 0.717) is 29.9 Å². The summed E-state index contributed by atoms with van der Waals surface area (Å²) in [7, 11) is -3.53. The van der Waals surface area contributed by atoms with Crippen molar-refractivity contribution in [3.05, 3.63) is 41.2 Å². The van der Waals surface area contributed by atoms with Crippen LogP contribution in [0.25, 0.3) is 0 Å². The first-order valence-electron chi connectivity index (χ1n) is 9.88. The van der Waals surface area contributed by atoms with E-state index in [4.69, 9.17) is 11.6 Å². The summed E-state index contributed by atoms with van der Waals surface area (Å²) in [4.78, 5) is 21.2. The molecule has 10 heteroatoms. The number of piperidine rings is 1. The summed E-state index contributed by atoms with van der Waals surface area (Å²) in [5, 5.41) is 3.36. The van der Waals surface area contributed by atoms with Crippen molar-refractivity contribution in [2.24, 2.45) is 5.92 Å². The largest absolute Gasteiger partial charge is 0.321 e. The van der Waals surface area contributed by atoms with Gasteiger partial charge in [0.05, 0.1) is 16.1 Å². The van der Waals surface area contributed by atoms with E-state index < -0.39 is 15.9 Å². The van der Waals surface area contributed by atoms with Gasteiger partial charge in [-0.15, -0.1) is 0 Å². The van der Waals surface area contributed by atoms with Crippen LogP contribution in [0.15, 0.2) is 40.5 Å². The summed E-state index contributed by atoms with van der Waals surface area (Å²) in [6.45, 7) is 5.25. The van der Waals surface area contributed by atoms with E-state index in [1.165, 1.54) is 34.4 Å². The lowest BCUT2D eigenvalue weighted by Crippen LogP contribution is -2.37. The highest BCUT2D eigenvalue weighted by Crippen LogP contribution is 2.25. The molecule has 0 spiro atoms. The Morgan fingerprint density at radius 2 is 1.93 bits per heavy atom. The lowest BCUT2D eigenvalue weighted by Gasteiger charge is -2.29. The van der Waals surface area contributed by atoms with E-state index >= 15 is 0 Å². The molecule has 1 aromatic heterocycles. The minimum atomic E-state index is -3.53. The number of benzene rings is 1. The van der Waals surface area contributed by atoms with E-state index in [1.54, 1.807) is 12.1 Å². The maximum atomic E-state index is 12.8. The quantitative estimate of drug-likeness (QED) is 0.481. The minimum absolute atomic E-state index is 0.0874. The second kappa shape index (κ2) is 10.1. The third-order valence-electron chi connectivity index (χ3n) is 4.86. The Balaban J connectivity index is 1.70. The molecule has 0 atom stereocenters. The zero-order chi connectivity index (χ0) is 21.7. The van der Waals surface area contributed by atoms with Gasteiger partial charge in [-0.25, -0.2) is 18.4 Å². The highest BCUT2D eigenvalue weighted by atomic mass is 35.5. The maximum absolute atomic E-state index is 12.8. The van der Waals surface area contributed by atoms with Gasteiger partial charge < -0.3 is 5.32 Å². The molecule has 2 heterocycles. The van der Waals surface area contributed by atoms with Crippen LogP contribution in [0.2, 0.25) is 5.02 Å². The maximum Gasteiger partial charge on any atom is 0.275 e. The Hall–Kier alpha value is -1.68. The molecule has 162 valence electrons. The fourth-order valence-corrected chi connectivity index (χ4v) is 5.36. The van der Waals surface area contributed by atoms with Crippen molar-refractivity contribution in [3.8, 4) is 0 Å². The van der Waals surface area contributed by atoms with Crippen molar-refractivity contribution in [3.63, 3.8) is 0 Å². The number of nitrogens with one attached hydrogen (secondary N) is 1. The van der Waals surface area contributed by atoms with Gasteiger partial charge in [0.2, 0.25) is 10.0 Å². The Labute approximate surface area is 186 Å². The van der Waals surface area contributed by atoms with Gasteiger partial charge in [0, 0.05) is 24.5 Å². The predicted molar refractivity (Wildman–Crippen MR) is 120 cm³/mol. The Morgan fingerprint density at radius 1 is 1.27 bits per heavy atom. The normalized spacial score (nSPS) is 15.8. The molecule has 1 aromatic carbocycles. The Kier molecular flexibility index (Phi) is 7.73. The highest BCUT2D eigenvalue weighted by Gasteiger charge is 2.28. The molecular weight excluding hydrogens is 444 g/mol. The monoisotopic (exact) mass is 468 g/mol. The third kappa shape index (κ3) is 5.51. The van der Waals surface area contributed by atoms with Crippen LogP contribution in [0.5, 0.6) is 0 Å². The van der Waals surface area contributed by atoms with Crippen LogP contribution >= 0.6 is 23.4 Å². The lowest BCUT2D eigenvalue weighted by molar-refractivity contribution is 0.102. The van der Waals surface area contributed by atoms with E-state index in [1.807, 2.05) is 6.92 Å². The number of carbonyl (C=O) groups is 1. The Morgan fingerprint density at radius 3 is 2.57 bits per heavy atom. The van der Waals surface area contributed by atoms with E-state index in [0.717, 1.165) is 25.0 Å². The van der Waals surface area contributed by atoms with Gasteiger partial charge in [-0.1, -0.05) is 37.2 Å². The first kappa shape index (κ1) is 23.0. The number of hydrogen-bond donors (Lipinski definition) is 1. The van der Waals surface area contributed by atoms with Gasteiger partial charge in [0.25, 0.3) is 5.91 Å². The summed E-state index contributed by atoms with van der Waals surface area (Å²) in [6, 6.07) is 6.15. The molecule has 0 bridgehead atoms. The van der Waals surface area contributed by atoms with Crippen LogP contribution in [-0.4, -0.2) is 47.4 Å². The summed E-state index contributed by atoms with van der Waals surface area (Å²) >= 11 is 7.55. The Bertz CT molecular complexity index is 992. The molecule has 1 amide bonds. The zero-order valence-corrected chi connectivity index (χ0v) is 19.4. The molecule has 0 saturated carbocycles. The fraction of sp³-hybridized carbons (Fsp3) is 0.450. The summed E-state index contributed by atoms with van der Waals surface area (Å²) in [6.07, 6.45) is 4.11. The van der Waals surface area contributed by atoms with E-state index in [2.05, 4.69) is 22.2 Å². The molecule has 2 aromatic rings. The van der Waals surface area contributed by atoms with Crippen molar-refractivity contribution in [1.29, 1.82) is 0 Å². The van der Waals surface area contributed by atoms with E-state index in [9.17, 15) is 13.2 Å². The number of rotatable bonds is 7. The highest BCUT2D eigenvalue weighted by molar-refractivity contribution is 7.99. The average Bonchev–Trinajstić information content (AvgIpc) is 2.74. The van der Waals surface area contributed by atoms with Crippen LogP contribution in [0.3, 0.4) is 0 Å². The fourth-order valence-electron chi connectivity index (χ4n) is 3.05. The molecule has 0 aliphatic carbocycles. The zero-order valence-electron chi connectivity index (χ0n) is 17.0. The molecule has 3 rings (SSSR count). The van der Waals surface area contributed by atoms with Crippen LogP contribution in [0.4, 0.5) is 5.69 Å². The second-order valence-corrected chi connectivity index (χ2v) is 10.7. The van der Waals surface area contributed by atoms with Gasteiger partial charge in [-0.3, -0.25) is 4.79 Å². The molecule has 7 nitrogen and oxygen atoms in total. The van der Waals surface area contributed by atoms with Crippen molar-refractivity contribution < 1.29 is 13.2 Å². The molecule has 1 saturated heterocycles. The third-order valence-corrected chi connectivity index (χ3v) is 8.12. The van der Waals surface area contributed by atoms with Crippen molar-refractivity contribution >= 4 is 45.0 Å². The summed E-state index contributed by atoms with van der Waals surface area (Å²) in [5.41, 5.74) is 0.549. The van der Waals surface area contributed by atoms with Crippen molar-refractivity contribution in [1.82, 2.24) is 14.3 Å². The van der Waals surface area contributed by atoms with Crippen LogP contribution in [0, 0.1) is 5.92 Å². The molecule has 0 unspecified atom stereocenters. The van der Waals surface area contributed by atoms with Gasteiger partial charge in [0.1, 0.15) is 0 Å². The molecule has 1 aliphatic heterocycles. The summed E-state index contributed by atoms with van der Waals surface area (Å²) < 4.78 is 27.2. The number of sulfonamides is 1. The number of nitrogens with zero attached hydrogens (tertiary/aromatic N) is 3. The van der Waals surface area contributed by atoms with Crippen molar-refractivity contribution in [2.75, 3.05) is 24.2 Å². The average molecular weight is 469 g/mol. The number of hydrogen-bond acceptors (Lipinski definition) is 6. The molecule has 30 heavy (non-hydrogen) atoms.